The van der Waals surface area contributed by atoms with E-state index in [2.05, 4.69) is 117 Å². The molecule has 37 heavy (non-hydrogen) atoms. The predicted octanol–water partition coefficient (Wildman–Crippen LogP) is 9.83. The molecule has 0 spiro atoms. The molecule has 7 rings (SSSR count). The van der Waals surface area contributed by atoms with Crippen molar-refractivity contribution in [3.8, 4) is 22.4 Å². The minimum absolute atomic E-state index is 0.888. The largest absolute Gasteiger partial charge is 0.252 e. The third-order valence-electron chi connectivity index (χ3n) is 7.22. The summed E-state index contributed by atoms with van der Waals surface area (Å²) in [5, 5.41) is 6.02. The lowest BCUT2D eigenvalue weighted by atomic mass is 9.98. The van der Waals surface area contributed by atoms with Crippen molar-refractivity contribution < 1.29 is 0 Å². The molecule has 0 fully saturated rings. The summed E-state index contributed by atoms with van der Waals surface area (Å²) in [6, 6.07) is 32.3. The zero-order chi connectivity index (χ0) is 24.9. The van der Waals surface area contributed by atoms with Crippen LogP contribution in [0.3, 0.4) is 0 Å². The monoisotopic (exact) mass is 492 g/mol. The molecule has 0 aliphatic carbocycles. The lowest BCUT2D eigenvalue weighted by Crippen LogP contribution is -1.92. The number of nitrogens with zero attached hydrogens (tertiary/aromatic N) is 2. The molecular weight excluding hydrogens is 468 g/mol. The van der Waals surface area contributed by atoms with E-state index in [0.29, 0.717) is 0 Å². The van der Waals surface area contributed by atoms with Crippen LogP contribution in [0.15, 0.2) is 103 Å². The SMILES string of the molecule is C/C=C\c1sc2c(-c3cccc(-c4cnc5c6ccccc6c6ccccc6c5n4)c3)cccc2c1C. The van der Waals surface area contributed by atoms with E-state index in [1.54, 1.807) is 0 Å². The molecule has 0 aliphatic heterocycles. The van der Waals surface area contributed by atoms with Gasteiger partial charge in [-0.05, 0) is 58.8 Å². The number of rotatable bonds is 3. The van der Waals surface area contributed by atoms with Crippen molar-refractivity contribution in [2.45, 2.75) is 13.8 Å². The number of hydrogen-bond donors (Lipinski definition) is 0. The molecule has 2 nitrogen and oxygen atoms in total. The molecule has 5 aromatic carbocycles. The fraction of sp³-hybridized carbons (Fsp3) is 0.0588. The van der Waals surface area contributed by atoms with E-state index in [4.69, 9.17) is 9.97 Å². The summed E-state index contributed by atoms with van der Waals surface area (Å²) in [7, 11) is 0. The third-order valence-corrected chi connectivity index (χ3v) is 8.52. The Morgan fingerprint density at radius 3 is 2.08 bits per heavy atom. The number of aromatic nitrogens is 2. The van der Waals surface area contributed by atoms with Gasteiger partial charge in [-0.2, -0.15) is 0 Å². The van der Waals surface area contributed by atoms with E-state index in [0.717, 1.165) is 33.1 Å². The van der Waals surface area contributed by atoms with E-state index in [1.165, 1.54) is 42.4 Å². The highest BCUT2D eigenvalue weighted by molar-refractivity contribution is 7.20. The average molecular weight is 493 g/mol. The zero-order valence-corrected chi connectivity index (χ0v) is 21.5. The molecular formula is C34H24N2S. The first-order chi connectivity index (χ1) is 18.2. The predicted molar refractivity (Wildman–Crippen MR) is 160 cm³/mol. The van der Waals surface area contributed by atoms with Gasteiger partial charge in [0, 0.05) is 25.9 Å². The first-order valence-electron chi connectivity index (χ1n) is 12.5. The van der Waals surface area contributed by atoms with Crippen LogP contribution in [0.1, 0.15) is 17.4 Å². The van der Waals surface area contributed by atoms with Gasteiger partial charge < -0.3 is 0 Å². The van der Waals surface area contributed by atoms with E-state index in [9.17, 15) is 0 Å². The van der Waals surface area contributed by atoms with Crippen molar-refractivity contribution >= 4 is 60.1 Å². The van der Waals surface area contributed by atoms with Gasteiger partial charge in [0.05, 0.1) is 22.9 Å². The molecule has 0 amide bonds. The molecule has 2 aromatic heterocycles. The number of benzene rings is 5. The Balaban J connectivity index is 1.43. The first kappa shape index (κ1) is 21.9. The van der Waals surface area contributed by atoms with Crippen LogP contribution in [0, 0.1) is 6.92 Å². The minimum atomic E-state index is 0.888. The van der Waals surface area contributed by atoms with Crippen molar-refractivity contribution in [1.29, 1.82) is 0 Å². The number of allylic oxidation sites excluding steroid dienone is 1. The fourth-order valence-electron chi connectivity index (χ4n) is 5.41. The molecule has 176 valence electrons. The van der Waals surface area contributed by atoms with E-state index in [-0.39, 0.29) is 0 Å². The van der Waals surface area contributed by atoms with Gasteiger partial charge in [-0.1, -0.05) is 91.0 Å². The number of fused-ring (bicyclic) bond motifs is 7. The number of thiophene rings is 1. The van der Waals surface area contributed by atoms with Gasteiger partial charge in [0.2, 0.25) is 0 Å². The summed E-state index contributed by atoms with van der Waals surface area (Å²) in [5.41, 5.74) is 7.65. The van der Waals surface area contributed by atoms with Crippen LogP contribution in [0.2, 0.25) is 0 Å². The van der Waals surface area contributed by atoms with Crippen molar-refractivity contribution in [1.82, 2.24) is 9.97 Å². The van der Waals surface area contributed by atoms with Gasteiger partial charge in [-0.15, -0.1) is 11.3 Å². The fourth-order valence-corrected chi connectivity index (χ4v) is 6.72. The second-order valence-corrected chi connectivity index (χ2v) is 10.5. The van der Waals surface area contributed by atoms with Gasteiger partial charge in [0.25, 0.3) is 0 Å². The summed E-state index contributed by atoms with van der Waals surface area (Å²) >= 11 is 1.86. The number of hydrogen-bond acceptors (Lipinski definition) is 3. The molecule has 0 saturated carbocycles. The molecule has 2 heterocycles. The van der Waals surface area contributed by atoms with Gasteiger partial charge in [0.1, 0.15) is 0 Å². The van der Waals surface area contributed by atoms with Crippen LogP contribution in [0.5, 0.6) is 0 Å². The van der Waals surface area contributed by atoms with Crippen molar-refractivity contribution in [2.24, 2.45) is 0 Å². The first-order valence-corrected chi connectivity index (χ1v) is 13.4. The maximum atomic E-state index is 5.19. The lowest BCUT2D eigenvalue weighted by molar-refractivity contribution is 1.31. The summed E-state index contributed by atoms with van der Waals surface area (Å²) in [6.45, 7) is 4.29. The highest BCUT2D eigenvalue weighted by atomic mass is 32.1. The van der Waals surface area contributed by atoms with Gasteiger partial charge in [-0.3, -0.25) is 4.98 Å². The van der Waals surface area contributed by atoms with Crippen molar-refractivity contribution in [2.75, 3.05) is 0 Å². The van der Waals surface area contributed by atoms with Crippen molar-refractivity contribution in [3.05, 3.63) is 114 Å². The summed E-state index contributed by atoms with van der Waals surface area (Å²) in [4.78, 5) is 11.5. The standard InChI is InChI=1S/C34H24N2S/c1-3-10-31-21(2)24-17-9-18-25(34(24)37-31)22-11-8-12-23(19-22)30-20-35-32-28-15-6-4-13-26(28)27-14-5-7-16-29(27)33(32)36-30/h3-20H,1-2H3/b10-3-. The van der Waals surface area contributed by atoms with E-state index in [1.807, 2.05) is 17.5 Å². The maximum Gasteiger partial charge on any atom is 0.0979 e. The Labute approximate surface area is 219 Å². The van der Waals surface area contributed by atoms with Crippen LogP contribution < -0.4 is 0 Å². The van der Waals surface area contributed by atoms with Crippen LogP contribution >= 0.6 is 11.3 Å². The molecule has 3 heteroatoms. The summed E-state index contributed by atoms with van der Waals surface area (Å²) in [6.07, 6.45) is 6.24. The van der Waals surface area contributed by atoms with Crippen LogP contribution in [0.4, 0.5) is 0 Å². The Hall–Kier alpha value is -4.34. The number of aryl methyl sites for hydroxylation is 1. The second kappa shape index (κ2) is 8.65. The normalized spacial score (nSPS) is 11.9. The quantitative estimate of drug-likeness (QED) is 0.229. The maximum absolute atomic E-state index is 5.19. The van der Waals surface area contributed by atoms with Gasteiger partial charge >= 0.3 is 0 Å². The highest BCUT2D eigenvalue weighted by Crippen LogP contribution is 2.40. The van der Waals surface area contributed by atoms with E-state index >= 15 is 0 Å². The summed E-state index contributed by atoms with van der Waals surface area (Å²) < 4.78 is 1.33. The van der Waals surface area contributed by atoms with E-state index < -0.39 is 0 Å². The van der Waals surface area contributed by atoms with Gasteiger partial charge in [-0.25, -0.2) is 4.98 Å². The third kappa shape index (κ3) is 3.46. The smallest absolute Gasteiger partial charge is 0.0979 e. The Kier molecular flexibility index (Phi) is 5.12. The molecule has 0 N–H and O–H groups in total. The molecule has 0 unspecified atom stereocenters. The molecule has 0 saturated heterocycles. The molecule has 0 aliphatic rings. The Morgan fingerprint density at radius 1 is 0.676 bits per heavy atom. The van der Waals surface area contributed by atoms with Crippen LogP contribution in [0.25, 0.3) is 71.1 Å². The van der Waals surface area contributed by atoms with Crippen LogP contribution in [-0.2, 0) is 0 Å². The molecule has 7 aromatic rings. The van der Waals surface area contributed by atoms with Crippen molar-refractivity contribution in [3.63, 3.8) is 0 Å². The topological polar surface area (TPSA) is 25.8 Å². The minimum Gasteiger partial charge on any atom is -0.252 e. The molecule has 0 bridgehead atoms. The second-order valence-electron chi connectivity index (χ2n) is 9.40. The zero-order valence-electron chi connectivity index (χ0n) is 20.7. The Bertz CT molecular complexity index is 1980. The highest BCUT2D eigenvalue weighted by Gasteiger charge is 2.14. The van der Waals surface area contributed by atoms with Crippen LogP contribution in [-0.4, -0.2) is 9.97 Å². The molecule has 0 atom stereocenters. The lowest BCUT2D eigenvalue weighted by Gasteiger charge is -2.11. The Morgan fingerprint density at radius 2 is 1.32 bits per heavy atom. The van der Waals surface area contributed by atoms with Gasteiger partial charge in [0.15, 0.2) is 0 Å². The average Bonchev–Trinajstić information content (AvgIpc) is 3.28. The summed E-state index contributed by atoms with van der Waals surface area (Å²) in [5.74, 6) is 0. The molecule has 0 radical (unpaired) electrons.